The van der Waals surface area contributed by atoms with E-state index < -0.39 is 0 Å². The Bertz CT molecular complexity index is 286. The van der Waals surface area contributed by atoms with Gasteiger partial charge >= 0.3 is 0 Å². The minimum absolute atomic E-state index is 0.00491. The molecule has 0 radical (unpaired) electrons. The van der Waals surface area contributed by atoms with Gasteiger partial charge in [0.1, 0.15) is 0 Å². The van der Waals surface area contributed by atoms with Gasteiger partial charge in [0.15, 0.2) is 0 Å². The number of carbonyl (C=O) groups excluding carboxylic acids is 2. The molecule has 3 heterocycles. The normalized spacial score (nSPS) is 45.1. The van der Waals surface area contributed by atoms with Crippen molar-refractivity contribution in [3.05, 3.63) is 0 Å². The van der Waals surface area contributed by atoms with Crippen molar-refractivity contribution in [3.8, 4) is 0 Å². The molecule has 0 aromatic heterocycles. The summed E-state index contributed by atoms with van der Waals surface area (Å²) in [6.45, 7) is 2.35. The molecule has 3 fully saturated rings. The van der Waals surface area contributed by atoms with Crippen LogP contribution in [0.4, 0.5) is 0 Å². The van der Waals surface area contributed by atoms with Gasteiger partial charge in [0.05, 0.1) is 24.0 Å². The van der Waals surface area contributed by atoms with Crippen molar-refractivity contribution < 1.29 is 14.3 Å². The van der Waals surface area contributed by atoms with Crippen LogP contribution in [0.5, 0.6) is 0 Å². The van der Waals surface area contributed by atoms with Crippen molar-refractivity contribution in [2.24, 2.45) is 11.8 Å². The van der Waals surface area contributed by atoms with Gasteiger partial charge in [-0.25, -0.2) is 0 Å². The lowest BCUT2D eigenvalue weighted by Gasteiger charge is -2.15. The number of nitrogens with zero attached hydrogens (tertiary/aromatic N) is 1. The van der Waals surface area contributed by atoms with Crippen LogP contribution in [0.2, 0.25) is 0 Å². The fourth-order valence-corrected chi connectivity index (χ4v) is 3.09. The highest BCUT2D eigenvalue weighted by Crippen LogP contribution is 2.48. The molecule has 0 aliphatic carbocycles. The zero-order valence-corrected chi connectivity index (χ0v) is 8.10. The Balaban J connectivity index is 1.98. The Labute approximate surface area is 82.2 Å². The lowest BCUT2D eigenvalue weighted by Crippen LogP contribution is -2.33. The third kappa shape index (κ3) is 0.780. The zero-order valence-electron chi connectivity index (χ0n) is 8.10. The first-order valence-corrected chi connectivity index (χ1v) is 5.24. The first-order chi connectivity index (χ1) is 6.74. The topological polar surface area (TPSA) is 46.6 Å². The van der Waals surface area contributed by atoms with Crippen molar-refractivity contribution >= 4 is 11.8 Å². The first-order valence-electron chi connectivity index (χ1n) is 5.24. The average Bonchev–Trinajstić information content (AvgIpc) is 2.80. The number of fused-ring (bicyclic) bond motifs is 5. The molecule has 0 unspecified atom stereocenters. The minimum atomic E-state index is -0.152. The van der Waals surface area contributed by atoms with Crippen LogP contribution in [0.25, 0.3) is 0 Å². The molecule has 14 heavy (non-hydrogen) atoms. The minimum Gasteiger partial charge on any atom is -0.373 e. The van der Waals surface area contributed by atoms with Crippen LogP contribution in [0.1, 0.15) is 19.8 Å². The second-order valence-electron chi connectivity index (χ2n) is 4.26. The SMILES string of the molecule is CCN1C(=O)[C@@H]2[C@H](C1=O)[C@H]1CC[C@H]2O1. The van der Waals surface area contributed by atoms with E-state index in [0.717, 1.165) is 12.8 Å². The van der Waals surface area contributed by atoms with Gasteiger partial charge in [-0.05, 0) is 19.8 Å². The predicted molar refractivity (Wildman–Crippen MR) is 47.3 cm³/mol. The fraction of sp³-hybridized carbons (Fsp3) is 0.800. The zero-order chi connectivity index (χ0) is 9.87. The lowest BCUT2D eigenvalue weighted by atomic mass is 9.81. The summed E-state index contributed by atoms with van der Waals surface area (Å²) in [7, 11) is 0. The molecule has 3 aliphatic heterocycles. The Morgan fingerprint density at radius 2 is 1.71 bits per heavy atom. The largest absolute Gasteiger partial charge is 0.373 e. The van der Waals surface area contributed by atoms with Crippen molar-refractivity contribution in [1.82, 2.24) is 4.90 Å². The fourth-order valence-electron chi connectivity index (χ4n) is 3.09. The van der Waals surface area contributed by atoms with Crippen molar-refractivity contribution in [1.29, 1.82) is 0 Å². The van der Waals surface area contributed by atoms with Crippen molar-refractivity contribution in [2.75, 3.05) is 6.54 Å². The summed E-state index contributed by atoms with van der Waals surface area (Å²) in [5.41, 5.74) is 0. The standard InChI is InChI=1S/C10H13NO3/c1-2-11-9(12)7-5-3-4-6(14-5)8(7)10(11)13/h5-8H,2-4H2,1H3/t5-,6-,7-,8+/m1/s1. The predicted octanol–water partition coefficient (Wildman–Crippen LogP) is 0.169. The van der Waals surface area contributed by atoms with Gasteiger partial charge in [-0.15, -0.1) is 0 Å². The van der Waals surface area contributed by atoms with E-state index in [4.69, 9.17) is 4.74 Å². The molecule has 4 atom stereocenters. The monoisotopic (exact) mass is 195 g/mol. The summed E-state index contributed by atoms with van der Waals surface area (Å²) >= 11 is 0. The van der Waals surface area contributed by atoms with Gasteiger partial charge in [0.2, 0.25) is 11.8 Å². The molecule has 3 rings (SSSR count). The van der Waals surface area contributed by atoms with Crippen LogP contribution in [-0.4, -0.2) is 35.5 Å². The lowest BCUT2D eigenvalue weighted by molar-refractivity contribution is -0.142. The van der Waals surface area contributed by atoms with E-state index in [1.807, 2.05) is 6.92 Å². The second kappa shape index (κ2) is 2.57. The number of likely N-dealkylation sites (tertiary alicyclic amines) is 1. The van der Waals surface area contributed by atoms with E-state index in [1.165, 1.54) is 4.90 Å². The van der Waals surface area contributed by atoms with Crippen molar-refractivity contribution in [3.63, 3.8) is 0 Å². The highest BCUT2D eigenvalue weighted by Gasteiger charge is 2.61. The molecular formula is C10H13NO3. The maximum absolute atomic E-state index is 11.8. The van der Waals surface area contributed by atoms with Gasteiger partial charge in [-0.3, -0.25) is 14.5 Å². The second-order valence-corrected chi connectivity index (χ2v) is 4.26. The summed E-state index contributed by atoms with van der Waals surface area (Å²) < 4.78 is 5.60. The number of hydrogen-bond donors (Lipinski definition) is 0. The molecule has 0 N–H and O–H groups in total. The van der Waals surface area contributed by atoms with E-state index in [-0.39, 0.29) is 35.9 Å². The Hall–Kier alpha value is -0.900. The van der Waals surface area contributed by atoms with Crippen LogP contribution < -0.4 is 0 Å². The van der Waals surface area contributed by atoms with Gasteiger partial charge < -0.3 is 4.74 Å². The average molecular weight is 195 g/mol. The van der Waals surface area contributed by atoms with Crippen molar-refractivity contribution in [2.45, 2.75) is 32.0 Å². The molecule has 4 heteroatoms. The molecule has 0 aromatic rings. The number of imide groups is 1. The van der Waals surface area contributed by atoms with Crippen LogP contribution in [-0.2, 0) is 14.3 Å². The molecular weight excluding hydrogens is 182 g/mol. The Kier molecular flexibility index (Phi) is 1.54. The molecule has 3 aliphatic rings. The number of rotatable bonds is 1. The molecule has 0 saturated carbocycles. The molecule has 0 aromatic carbocycles. The molecule has 2 bridgehead atoms. The molecule has 3 saturated heterocycles. The van der Waals surface area contributed by atoms with Crippen LogP contribution in [0, 0.1) is 11.8 Å². The van der Waals surface area contributed by atoms with E-state index in [2.05, 4.69) is 0 Å². The molecule has 4 nitrogen and oxygen atoms in total. The first kappa shape index (κ1) is 8.41. The number of amides is 2. The summed E-state index contributed by atoms with van der Waals surface area (Å²) in [5.74, 6) is -0.313. The summed E-state index contributed by atoms with van der Waals surface area (Å²) in [6, 6.07) is 0. The van der Waals surface area contributed by atoms with Gasteiger partial charge in [-0.1, -0.05) is 0 Å². The smallest absolute Gasteiger partial charge is 0.235 e. The van der Waals surface area contributed by atoms with Crippen LogP contribution in [0.15, 0.2) is 0 Å². The maximum Gasteiger partial charge on any atom is 0.235 e. The summed E-state index contributed by atoms with van der Waals surface area (Å²) in [6.07, 6.45) is 1.95. The van der Waals surface area contributed by atoms with E-state index in [9.17, 15) is 9.59 Å². The number of ether oxygens (including phenoxy) is 1. The third-order valence-electron chi connectivity index (χ3n) is 3.69. The molecule has 0 spiro atoms. The highest BCUT2D eigenvalue weighted by molar-refractivity contribution is 6.06. The molecule has 76 valence electrons. The number of carbonyl (C=O) groups is 2. The summed E-state index contributed by atoms with van der Waals surface area (Å²) in [4.78, 5) is 25.1. The van der Waals surface area contributed by atoms with Gasteiger partial charge in [0, 0.05) is 6.54 Å². The Morgan fingerprint density at radius 1 is 1.21 bits per heavy atom. The quantitative estimate of drug-likeness (QED) is 0.560. The van der Waals surface area contributed by atoms with E-state index in [0.29, 0.717) is 6.54 Å². The molecule has 2 amide bonds. The Morgan fingerprint density at radius 3 is 2.14 bits per heavy atom. The third-order valence-corrected chi connectivity index (χ3v) is 3.69. The highest BCUT2D eigenvalue weighted by atomic mass is 16.5. The van der Waals surface area contributed by atoms with E-state index >= 15 is 0 Å². The van der Waals surface area contributed by atoms with Crippen LogP contribution in [0.3, 0.4) is 0 Å². The van der Waals surface area contributed by atoms with Crippen LogP contribution >= 0.6 is 0 Å². The summed E-state index contributed by atoms with van der Waals surface area (Å²) in [5, 5.41) is 0. The maximum atomic E-state index is 11.8. The van der Waals surface area contributed by atoms with Gasteiger partial charge in [0.25, 0.3) is 0 Å². The number of hydrogen-bond acceptors (Lipinski definition) is 3. The van der Waals surface area contributed by atoms with Gasteiger partial charge in [-0.2, -0.15) is 0 Å². The van der Waals surface area contributed by atoms with E-state index in [1.54, 1.807) is 0 Å².